The van der Waals surface area contributed by atoms with Gasteiger partial charge in [-0.1, -0.05) is 24.3 Å². The molecule has 1 aromatic carbocycles. The maximum Gasteiger partial charge on any atom is 0.395 e. The summed E-state index contributed by atoms with van der Waals surface area (Å²) in [5.41, 5.74) is 0.882. The number of carboxylic acids is 1. The van der Waals surface area contributed by atoms with Crippen molar-refractivity contribution in [3.05, 3.63) is 51.5 Å². The number of alkyl halides is 3. The predicted molar refractivity (Wildman–Crippen MR) is 90.0 cm³/mol. The van der Waals surface area contributed by atoms with Gasteiger partial charge in [-0.25, -0.2) is 9.78 Å². The van der Waals surface area contributed by atoms with E-state index in [2.05, 4.69) is 4.98 Å². The second kappa shape index (κ2) is 8.22. The molecule has 0 aliphatic carbocycles. The molecule has 26 heavy (non-hydrogen) atoms. The van der Waals surface area contributed by atoms with Crippen LogP contribution in [0.2, 0.25) is 0 Å². The Morgan fingerprint density at radius 2 is 2.04 bits per heavy atom. The van der Waals surface area contributed by atoms with Gasteiger partial charge in [-0.15, -0.1) is 11.3 Å². The minimum Gasteiger partial charge on any atom is -0.503 e. The van der Waals surface area contributed by atoms with E-state index in [1.165, 1.54) is 7.11 Å². The van der Waals surface area contributed by atoms with Gasteiger partial charge < -0.3 is 14.6 Å². The van der Waals surface area contributed by atoms with Gasteiger partial charge in [-0.3, -0.25) is 0 Å². The van der Waals surface area contributed by atoms with Gasteiger partial charge in [0.2, 0.25) is 5.88 Å². The molecular formula is C17H16F3NO4S. The van der Waals surface area contributed by atoms with Crippen molar-refractivity contribution >= 4 is 22.9 Å². The smallest absolute Gasteiger partial charge is 0.395 e. The van der Waals surface area contributed by atoms with Crippen LogP contribution in [0.3, 0.4) is 0 Å². The largest absolute Gasteiger partial charge is 0.503 e. The van der Waals surface area contributed by atoms with Crippen LogP contribution in [0.5, 0.6) is 5.88 Å². The van der Waals surface area contributed by atoms with Gasteiger partial charge in [0.05, 0.1) is 24.7 Å². The first-order valence-electron chi connectivity index (χ1n) is 7.41. The molecule has 0 unspecified atom stereocenters. The summed E-state index contributed by atoms with van der Waals surface area (Å²) < 4.78 is 47.8. The number of rotatable bonds is 7. The summed E-state index contributed by atoms with van der Waals surface area (Å²) in [6, 6.07) is 6.64. The quantitative estimate of drug-likeness (QED) is 0.569. The lowest BCUT2D eigenvalue weighted by Crippen LogP contribution is -2.11. The van der Waals surface area contributed by atoms with Crippen LogP contribution in [-0.4, -0.2) is 29.3 Å². The SMILES string of the molecule is COC=C(C(=O)O)c1ccccc1COc1nc(CC(F)(F)F)sc1C. The van der Waals surface area contributed by atoms with E-state index in [1.54, 1.807) is 31.2 Å². The summed E-state index contributed by atoms with van der Waals surface area (Å²) in [4.78, 5) is 15.8. The zero-order valence-corrected chi connectivity index (χ0v) is 14.8. The molecule has 0 radical (unpaired) electrons. The fourth-order valence-corrected chi connectivity index (χ4v) is 3.13. The van der Waals surface area contributed by atoms with Crippen LogP contribution in [0.1, 0.15) is 21.0 Å². The lowest BCUT2D eigenvalue weighted by Gasteiger charge is -2.11. The number of thiazole rings is 1. The first-order valence-corrected chi connectivity index (χ1v) is 8.23. The van der Waals surface area contributed by atoms with Crippen LogP contribution in [0, 0.1) is 6.92 Å². The fourth-order valence-electron chi connectivity index (χ4n) is 2.22. The molecule has 0 saturated carbocycles. The van der Waals surface area contributed by atoms with Gasteiger partial charge in [0.25, 0.3) is 0 Å². The first kappa shape index (κ1) is 19.8. The third-order valence-corrected chi connectivity index (χ3v) is 4.24. The van der Waals surface area contributed by atoms with Gasteiger partial charge >= 0.3 is 12.1 Å². The van der Waals surface area contributed by atoms with Crippen molar-refractivity contribution < 1.29 is 32.5 Å². The van der Waals surface area contributed by atoms with Crippen LogP contribution < -0.4 is 4.74 Å². The summed E-state index contributed by atoms with van der Waals surface area (Å²) in [7, 11) is 1.34. The van der Waals surface area contributed by atoms with Gasteiger partial charge in [0, 0.05) is 0 Å². The maximum absolute atomic E-state index is 12.5. The van der Waals surface area contributed by atoms with Gasteiger partial charge in [-0.05, 0) is 18.1 Å². The lowest BCUT2D eigenvalue weighted by atomic mass is 10.0. The van der Waals surface area contributed by atoms with Crippen LogP contribution in [-0.2, 0) is 22.6 Å². The molecular weight excluding hydrogens is 371 g/mol. The number of hydrogen-bond donors (Lipinski definition) is 1. The zero-order valence-electron chi connectivity index (χ0n) is 14.0. The number of carbonyl (C=O) groups is 1. The lowest BCUT2D eigenvalue weighted by molar-refractivity contribution is -0.130. The minimum absolute atomic E-state index is 0.0411. The average Bonchev–Trinajstić information content (AvgIpc) is 2.88. The summed E-state index contributed by atoms with van der Waals surface area (Å²) >= 11 is 0.918. The molecule has 0 fully saturated rings. The molecule has 0 aliphatic heterocycles. The van der Waals surface area contributed by atoms with E-state index in [0.717, 1.165) is 17.6 Å². The van der Waals surface area contributed by atoms with Crippen molar-refractivity contribution in [2.45, 2.75) is 26.1 Å². The molecule has 1 N–H and O–H groups in total. The van der Waals surface area contributed by atoms with Crippen molar-refractivity contribution in [2.75, 3.05) is 7.11 Å². The zero-order chi connectivity index (χ0) is 19.3. The minimum atomic E-state index is -4.34. The van der Waals surface area contributed by atoms with Crippen LogP contribution >= 0.6 is 11.3 Å². The van der Waals surface area contributed by atoms with Crippen molar-refractivity contribution in [1.29, 1.82) is 0 Å². The molecule has 2 aromatic rings. The Labute approximate surface area is 151 Å². The van der Waals surface area contributed by atoms with Crippen LogP contribution in [0.4, 0.5) is 13.2 Å². The molecule has 1 heterocycles. The van der Waals surface area contributed by atoms with Crippen LogP contribution in [0.25, 0.3) is 5.57 Å². The number of methoxy groups -OCH3 is 1. The summed E-state index contributed by atoms with van der Waals surface area (Å²) in [6.45, 7) is 1.58. The highest BCUT2D eigenvalue weighted by molar-refractivity contribution is 7.11. The molecule has 9 heteroatoms. The topological polar surface area (TPSA) is 68.7 Å². The number of ether oxygens (including phenoxy) is 2. The molecule has 0 saturated heterocycles. The molecule has 5 nitrogen and oxygen atoms in total. The van der Waals surface area contributed by atoms with E-state index in [9.17, 15) is 23.1 Å². The Bertz CT molecular complexity index is 815. The average molecular weight is 387 g/mol. The summed E-state index contributed by atoms with van der Waals surface area (Å²) in [6.07, 6.45) is -4.34. The highest BCUT2D eigenvalue weighted by Gasteiger charge is 2.30. The summed E-state index contributed by atoms with van der Waals surface area (Å²) in [5, 5.41) is 9.24. The first-order chi connectivity index (χ1) is 12.2. The number of benzene rings is 1. The van der Waals surface area contributed by atoms with E-state index >= 15 is 0 Å². The van der Waals surface area contributed by atoms with E-state index in [4.69, 9.17) is 9.47 Å². The molecule has 140 valence electrons. The van der Waals surface area contributed by atoms with Gasteiger partial charge in [0.1, 0.15) is 17.2 Å². The van der Waals surface area contributed by atoms with Crippen molar-refractivity contribution in [2.24, 2.45) is 0 Å². The van der Waals surface area contributed by atoms with Crippen LogP contribution in [0.15, 0.2) is 30.5 Å². The third kappa shape index (κ3) is 5.22. The number of hydrogen-bond acceptors (Lipinski definition) is 5. The van der Waals surface area contributed by atoms with E-state index in [0.29, 0.717) is 16.0 Å². The third-order valence-electron chi connectivity index (χ3n) is 3.29. The number of nitrogens with zero attached hydrogens (tertiary/aromatic N) is 1. The second-order valence-electron chi connectivity index (χ2n) is 5.28. The van der Waals surface area contributed by atoms with E-state index in [-0.39, 0.29) is 23.1 Å². The van der Waals surface area contributed by atoms with Crippen molar-refractivity contribution in [3.8, 4) is 5.88 Å². The van der Waals surface area contributed by atoms with E-state index < -0.39 is 18.6 Å². The molecule has 0 aliphatic rings. The Morgan fingerprint density at radius 3 is 2.65 bits per heavy atom. The maximum atomic E-state index is 12.5. The molecule has 0 spiro atoms. The number of carboxylic acid groups (broad SMARTS) is 1. The number of aryl methyl sites for hydroxylation is 1. The van der Waals surface area contributed by atoms with Crippen molar-refractivity contribution in [3.63, 3.8) is 0 Å². The highest BCUT2D eigenvalue weighted by Crippen LogP contribution is 2.30. The van der Waals surface area contributed by atoms with Gasteiger partial charge in [0.15, 0.2) is 0 Å². The van der Waals surface area contributed by atoms with Crippen molar-refractivity contribution in [1.82, 2.24) is 4.98 Å². The molecule has 0 bridgehead atoms. The number of halogens is 3. The van der Waals surface area contributed by atoms with Gasteiger partial charge in [-0.2, -0.15) is 13.2 Å². The molecule has 1 aromatic heterocycles. The Hall–Kier alpha value is -2.55. The molecule has 0 atom stereocenters. The summed E-state index contributed by atoms with van der Waals surface area (Å²) in [5.74, 6) is -1.06. The Balaban J connectivity index is 2.21. The Kier molecular flexibility index (Phi) is 6.25. The van der Waals surface area contributed by atoms with E-state index in [1.807, 2.05) is 0 Å². The standard InChI is InChI=1S/C17H16F3NO4S/c1-10-15(21-14(26-10)7-17(18,19)20)25-8-11-5-3-4-6-12(11)13(9-24-2)16(22)23/h3-6,9H,7-8H2,1-2H3,(H,22,23). The molecule has 0 amide bonds. The predicted octanol–water partition coefficient (Wildman–Crippen LogP) is 4.21. The second-order valence-corrected chi connectivity index (χ2v) is 6.57. The molecule has 2 rings (SSSR count). The number of aliphatic carboxylic acids is 1. The monoisotopic (exact) mass is 387 g/mol. The number of aromatic nitrogens is 1. The normalized spacial score (nSPS) is 12.1. The highest BCUT2D eigenvalue weighted by atomic mass is 32.1. The fraction of sp³-hybridized carbons (Fsp3) is 0.294. The Morgan fingerprint density at radius 1 is 1.35 bits per heavy atom.